The normalized spacial score (nSPS) is 18.3. The highest BCUT2D eigenvalue weighted by Gasteiger charge is 2.34. The Labute approximate surface area is 198 Å². The van der Waals surface area contributed by atoms with Crippen molar-refractivity contribution in [3.8, 4) is 11.3 Å². The maximum atomic E-state index is 13.7. The first kappa shape index (κ1) is 26.5. The average Bonchev–Trinajstić information content (AvgIpc) is 2.76. The van der Waals surface area contributed by atoms with Crippen LogP contribution in [0.5, 0.6) is 0 Å². The second-order valence-electron chi connectivity index (χ2n) is 8.58. The predicted octanol–water partition coefficient (Wildman–Crippen LogP) is 4.80. The van der Waals surface area contributed by atoms with E-state index in [1.807, 2.05) is 18.7 Å². The van der Waals surface area contributed by atoms with Crippen LogP contribution in [0, 0.1) is 5.92 Å². The maximum absolute atomic E-state index is 13.7. The Morgan fingerprint density at radius 1 is 1.14 bits per heavy atom. The van der Waals surface area contributed by atoms with Crippen molar-refractivity contribution in [2.75, 3.05) is 29.9 Å². The Morgan fingerprint density at radius 3 is 2.46 bits per heavy atom. The Bertz CT molecular complexity index is 1050. The topological polar surface area (TPSA) is 82.2 Å². The second-order valence-corrected chi connectivity index (χ2v) is 8.58. The third-order valence-electron chi connectivity index (χ3n) is 5.48. The fraction of sp³-hybridized carbons (Fsp3) is 0.500. The summed E-state index contributed by atoms with van der Waals surface area (Å²) in [5.41, 5.74) is 0.575. The van der Waals surface area contributed by atoms with Gasteiger partial charge in [-0.1, -0.05) is 13.8 Å². The van der Waals surface area contributed by atoms with Gasteiger partial charge in [-0.15, -0.1) is 0 Å². The summed E-state index contributed by atoms with van der Waals surface area (Å²) in [4.78, 5) is 22.3. The summed E-state index contributed by atoms with van der Waals surface area (Å²) in [5.74, 6) is 0.878. The highest BCUT2D eigenvalue weighted by Crippen LogP contribution is 2.37. The summed E-state index contributed by atoms with van der Waals surface area (Å²) in [6.07, 6.45) is -7.05. The molecule has 13 heteroatoms. The van der Waals surface area contributed by atoms with Crippen molar-refractivity contribution in [2.24, 2.45) is 5.92 Å². The van der Waals surface area contributed by atoms with Crippen LogP contribution in [0.2, 0.25) is 0 Å². The first-order valence-corrected chi connectivity index (χ1v) is 10.9. The minimum Gasteiger partial charge on any atom is -0.351 e. The highest BCUT2D eigenvalue weighted by molar-refractivity contribution is 5.92. The highest BCUT2D eigenvalue weighted by atomic mass is 19.4. The van der Waals surface area contributed by atoms with E-state index >= 15 is 0 Å². The van der Waals surface area contributed by atoms with Crippen LogP contribution in [0.3, 0.4) is 0 Å². The number of carbonyl (C=O) groups is 1. The molecule has 4 heterocycles. The molecule has 0 aromatic carbocycles. The second kappa shape index (κ2) is 10.3. The summed E-state index contributed by atoms with van der Waals surface area (Å²) in [5, 5.41) is 8.52. The lowest BCUT2D eigenvalue weighted by atomic mass is 9.99. The van der Waals surface area contributed by atoms with Crippen molar-refractivity contribution in [1.82, 2.24) is 20.6 Å². The fourth-order valence-corrected chi connectivity index (χ4v) is 3.91. The van der Waals surface area contributed by atoms with Gasteiger partial charge in [0.1, 0.15) is 11.6 Å². The number of hydrogen-bond acceptors (Lipinski definition) is 5. The molecule has 192 valence electrons. The van der Waals surface area contributed by atoms with E-state index in [0.717, 1.165) is 12.1 Å². The van der Waals surface area contributed by atoms with Gasteiger partial charge in [0.25, 0.3) is 0 Å². The van der Waals surface area contributed by atoms with Gasteiger partial charge < -0.3 is 15.5 Å². The van der Waals surface area contributed by atoms with E-state index in [9.17, 15) is 31.1 Å². The number of rotatable bonds is 3. The van der Waals surface area contributed by atoms with Crippen LogP contribution in [0.15, 0.2) is 24.4 Å². The Kier molecular flexibility index (Phi) is 7.77. The van der Waals surface area contributed by atoms with Crippen LogP contribution in [-0.4, -0.2) is 47.9 Å². The van der Waals surface area contributed by atoms with Crippen LogP contribution in [-0.2, 0) is 12.7 Å². The molecule has 7 nitrogen and oxygen atoms in total. The third kappa shape index (κ3) is 6.96. The van der Waals surface area contributed by atoms with Gasteiger partial charge in [-0.05, 0) is 24.1 Å². The molecule has 2 aliphatic heterocycles. The molecule has 3 N–H and O–H groups in total. The van der Waals surface area contributed by atoms with Crippen molar-refractivity contribution in [3.63, 3.8) is 0 Å². The fourth-order valence-electron chi connectivity index (χ4n) is 3.91. The minimum atomic E-state index is -4.51. The van der Waals surface area contributed by atoms with Gasteiger partial charge in [0, 0.05) is 56.5 Å². The first-order valence-electron chi connectivity index (χ1n) is 10.9. The van der Waals surface area contributed by atoms with Crippen molar-refractivity contribution in [1.29, 1.82) is 0 Å². The molecular weight excluding hydrogens is 478 g/mol. The number of anilines is 2. The molecule has 2 amide bonds. The van der Waals surface area contributed by atoms with Gasteiger partial charge in [0.15, 0.2) is 0 Å². The summed E-state index contributed by atoms with van der Waals surface area (Å²) >= 11 is 0. The van der Waals surface area contributed by atoms with E-state index in [0.29, 0.717) is 42.4 Å². The lowest BCUT2D eigenvalue weighted by Crippen LogP contribution is -2.54. The molecule has 1 fully saturated rings. The summed E-state index contributed by atoms with van der Waals surface area (Å²) in [6, 6.07) is 3.45. The molecule has 1 saturated heterocycles. The molecule has 2 aromatic heterocycles. The van der Waals surface area contributed by atoms with Gasteiger partial charge in [0.2, 0.25) is 0 Å². The Morgan fingerprint density at radius 2 is 1.83 bits per heavy atom. The van der Waals surface area contributed by atoms with Crippen molar-refractivity contribution < 1.29 is 31.1 Å². The largest absolute Gasteiger partial charge is 0.416 e. The van der Waals surface area contributed by atoms with E-state index in [4.69, 9.17) is 0 Å². The average molecular weight is 504 g/mol. The molecule has 0 saturated carbocycles. The number of fused-ring (bicyclic) bond motifs is 1. The number of nitrogens with zero attached hydrogens (tertiary/aromatic N) is 3. The quantitative estimate of drug-likeness (QED) is 0.524. The van der Waals surface area contributed by atoms with Gasteiger partial charge >= 0.3 is 18.4 Å². The van der Waals surface area contributed by atoms with E-state index in [2.05, 4.69) is 25.9 Å². The van der Waals surface area contributed by atoms with Gasteiger partial charge in [-0.3, -0.25) is 5.32 Å². The number of halogens is 6. The van der Waals surface area contributed by atoms with E-state index in [-0.39, 0.29) is 31.1 Å². The smallest absolute Gasteiger partial charge is 0.351 e. The van der Waals surface area contributed by atoms with Crippen LogP contribution in [0.1, 0.15) is 31.9 Å². The van der Waals surface area contributed by atoms with Crippen molar-refractivity contribution in [2.45, 2.75) is 45.7 Å². The monoisotopic (exact) mass is 504 g/mol. The van der Waals surface area contributed by atoms with Crippen LogP contribution in [0.25, 0.3) is 11.3 Å². The molecule has 1 atom stereocenters. The van der Waals surface area contributed by atoms with Gasteiger partial charge in [-0.25, -0.2) is 14.8 Å². The number of alkyl halides is 6. The van der Waals surface area contributed by atoms with E-state index in [1.54, 1.807) is 6.07 Å². The zero-order chi connectivity index (χ0) is 26.0. The number of urea groups is 1. The Balaban J connectivity index is 0.000000623. The summed E-state index contributed by atoms with van der Waals surface area (Å²) in [7, 11) is 0. The number of carbonyl (C=O) groups excluding carboxylic acids is 1. The molecule has 0 bridgehead atoms. The molecule has 1 unspecified atom stereocenters. The molecule has 0 spiro atoms. The number of aromatic nitrogens is 2. The zero-order valence-electron chi connectivity index (χ0n) is 19.3. The van der Waals surface area contributed by atoms with Gasteiger partial charge in [-0.2, -0.15) is 26.3 Å². The van der Waals surface area contributed by atoms with Gasteiger partial charge in [0.05, 0.1) is 11.3 Å². The van der Waals surface area contributed by atoms with Crippen LogP contribution in [0.4, 0.5) is 42.8 Å². The first-order chi connectivity index (χ1) is 16.2. The number of amides is 2. The molecule has 0 aliphatic carbocycles. The zero-order valence-corrected chi connectivity index (χ0v) is 19.3. The van der Waals surface area contributed by atoms with Crippen molar-refractivity contribution in [3.05, 3.63) is 35.5 Å². The number of piperazine rings is 1. The minimum absolute atomic E-state index is 0.0369. The summed E-state index contributed by atoms with van der Waals surface area (Å²) in [6.45, 7) is 6.39. The lowest BCUT2D eigenvalue weighted by Gasteiger charge is -2.40. The SMILES string of the molecule is CC(C)C1CNCCN1c1cc(C(F)(F)F)cc(-c2ccnc3c2CNC(=O)N3)n1.CC(F)(F)F. The molecule has 4 rings (SSSR count). The lowest BCUT2D eigenvalue weighted by molar-refractivity contribution is -0.137. The van der Waals surface area contributed by atoms with E-state index in [1.165, 1.54) is 6.20 Å². The molecule has 2 aliphatic rings. The molecular formula is C22H26F6N6O. The standard InChI is InChI=1S/C20H23F3N6O.C2H3F3/c1-11(2)16-10-24-5-6-29(16)17-8-12(20(21,22)23)7-15(27-17)13-3-4-25-18-14(13)9-26-19(30)28-18;1-2(3,4)5/h3-4,7-8,11,16,24H,5-6,9-10H2,1-2H3,(H2,25,26,28,30);1H3. The summed E-state index contributed by atoms with van der Waals surface area (Å²) < 4.78 is 72.3. The number of nitrogens with one attached hydrogen (secondary N) is 3. The number of pyridine rings is 2. The Hall–Kier alpha value is -3.09. The van der Waals surface area contributed by atoms with Crippen LogP contribution < -0.4 is 20.9 Å². The van der Waals surface area contributed by atoms with Crippen LogP contribution >= 0.6 is 0 Å². The molecule has 2 aromatic rings. The maximum Gasteiger partial charge on any atom is 0.416 e. The van der Waals surface area contributed by atoms with Crippen molar-refractivity contribution >= 4 is 17.7 Å². The third-order valence-corrected chi connectivity index (χ3v) is 5.48. The predicted molar refractivity (Wildman–Crippen MR) is 119 cm³/mol. The molecule has 35 heavy (non-hydrogen) atoms. The van der Waals surface area contributed by atoms with E-state index < -0.39 is 23.9 Å². The number of hydrogen-bond donors (Lipinski definition) is 3. The molecule has 0 radical (unpaired) electrons.